The summed E-state index contributed by atoms with van der Waals surface area (Å²) < 4.78 is 8.19. The summed E-state index contributed by atoms with van der Waals surface area (Å²) in [5, 5.41) is 17.6. The molecule has 24 heavy (non-hydrogen) atoms. The van der Waals surface area contributed by atoms with Crippen LogP contribution in [0.15, 0.2) is 4.42 Å². The van der Waals surface area contributed by atoms with Crippen LogP contribution in [0.5, 0.6) is 0 Å². The second-order valence-electron chi connectivity index (χ2n) is 7.67. The molecular formula is C17H24N6O. The van der Waals surface area contributed by atoms with Crippen LogP contribution in [-0.2, 0) is 18.9 Å². The summed E-state index contributed by atoms with van der Waals surface area (Å²) in [4.78, 5) is 2.39. The number of anilines is 1. The molecule has 0 aromatic carbocycles. The van der Waals surface area contributed by atoms with E-state index in [1.54, 1.807) is 0 Å². The van der Waals surface area contributed by atoms with E-state index in [1.807, 2.05) is 0 Å². The highest BCUT2D eigenvalue weighted by molar-refractivity contribution is 5.39. The highest BCUT2D eigenvalue weighted by atomic mass is 16.4. The molecule has 7 nitrogen and oxygen atoms in total. The van der Waals surface area contributed by atoms with Gasteiger partial charge in [-0.1, -0.05) is 13.3 Å². The first-order valence-electron chi connectivity index (χ1n) is 9.18. The maximum Gasteiger partial charge on any atom is 0.227 e. The number of aromatic nitrogens is 5. The lowest BCUT2D eigenvalue weighted by Gasteiger charge is -2.24. The minimum absolute atomic E-state index is 0.00607. The minimum atomic E-state index is 0.00607. The third-order valence-electron chi connectivity index (χ3n) is 6.18. The van der Waals surface area contributed by atoms with Crippen LogP contribution in [0.3, 0.4) is 0 Å². The number of fused-ring (bicyclic) bond motifs is 1. The molecule has 2 saturated carbocycles. The largest absolute Gasteiger partial charge is 0.425 e. The molecule has 2 aromatic heterocycles. The van der Waals surface area contributed by atoms with Crippen molar-refractivity contribution < 1.29 is 4.42 Å². The van der Waals surface area contributed by atoms with Crippen LogP contribution < -0.4 is 4.90 Å². The summed E-state index contributed by atoms with van der Waals surface area (Å²) in [5.74, 6) is 4.93. The van der Waals surface area contributed by atoms with Crippen LogP contribution in [-0.4, -0.2) is 38.1 Å². The highest BCUT2D eigenvalue weighted by Gasteiger charge is 2.55. The Kier molecular flexibility index (Phi) is 3.03. The zero-order valence-electron chi connectivity index (χ0n) is 14.4. The van der Waals surface area contributed by atoms with Crippen molar-refractivity contribution >= 4 is 5.95 Å². The first kappa shape index (κ1) is 14.4. The van der Waals surface area contributed by atoms with Crippen LogP contribution in [0, 0.1) is 5.92 Å². The van der Waals surface area contributed by atoms with E-state index in [0.29, 0.717) is 11.8 Å². The van der Waals surface area contributed by atoms with E-state index < -0.39 is 0 Å². The predicted molar refractivity (Wildman–Crippen MR) is 87.9 cm³/mol. The third-order valence-corrected chi connectivity index (χ3v) is 6.18. The minimum Gasteiger partial charge on any atom is -0.425 e. The molecule has 0 radical (unpaired) electrons. The van der Waals surface area contributed by atoms with Gasteiger partial charge >= 0.3 is 0 Å². The maximum absolute atomic E-state index is 6.00. The normalized spacial score (nSPS) is 29.4. The summed E-state index contributed by atoms with van der Waals surface area (Å²) in [6, 6.07) is 0. The number of rotatable bonds is 4. The van der Waals surface area contributed by atoms with Crippen LogP contribution >= 0.6 is 0 Å². The fourth-order valence-corrected chi connectivity index (χ4v) is 4.69. The van der Waals surface area contributed by atoms with Crippen LogP contribution in [0.2, 0.25) is 0 Å². The molecule has 0 unspecified atom stereocenters. The molecule has 0 amide bonds. The standard InChI is InChI=1S/C17H24N6O/c1-3-13-18-20-15(24-13)17-8-4-5-12(17)9-23(10-17)16-21-19-14(22(16)2)11-6-7-11/h11-12H,3-10H2,1-2H3/t12-,17-/m0/s1. The quantitative estimate of drug-likeness (QED) is 0.857. The number of hydrogen-bond donors (Lipinski definition) is 0. The Balaban J connectivity index is 1.47. The van der Waals surface area contributed by atoms with E-state index in [4.69, 9.17) is 4.42 Å². The molecule has 5 rings (SSSR count). The number of aryl methyl sites for hydroxylation is 1. The molecule has 1 aliphatic heterocycles. The summed E-state index contributed by atoms with van der Waals surface area (Å²) in [7, 11) is 2.10. The van der Waals surface area contributed by atoms with Crippen molar-refractivity contribution in [3.63, 3.8) is 0 Å². The second kappa shape index (κ2) is 5.04. The second-order valence-corrected chi connectivity index (χ2v) is 7.67. The van der Waals surface area contributed by atoms with Crippen LogP contribution in [0.1, 0.15) is 62.6 Å². The lowest BCUT2D eigenvalue weighted by Crippen LogP contribution is -2.33. The fourth-order valence-electron chi connectivity index (χ4n) is 4.69. The van der Waals surface area contributed by atoms with E-state index >= 15 is 0 Å². The lowest BCUT2D eigenvalue weighted by atomic mass is 9.80. The predicted octanol–water partition coefficient (Wildman–Crippen LogP) is 2.20. The Morgan fingerprint density at radius 1 is 1.17 bits per heavy atom. The maximum atomic E-state index is 6.00. The van der Waals surface area contributed by atoms with Crippen molar-refractivity contribution in [3.05, 3.63) is 17.6 Å². The Morgan fingerprint density at radius 2 is 2.04 bits per heavy atom. The van der Waals surface area contributed by atoms with Gasteiger partial charge in [0, 0.05) is 32.5 Å². The lowest BCUT2D eigenvalue weighted by molar-refractivity contribution is 0.297. The molecule has 3 aliphatic rings. The Morgan fingerprint density at radius 3 is 2.79 bits per heavy atom. The summed E-state index contributed by atoms with van der Waals surface area (Å²) >= 11 is 0. The van der Waals surface area contributed by atoms with Gasteiger partial charge in [-0.05, 0) is 31.6 Å². The van der Waals surface area contributed by atoms with Crippen molar-refractivity contribution in [2.75, 3.05) is 18.0 Å². The smallest absolute Gasteiger partial charge is 0.227 e. The Hall–Kier alpha value is -1.92. The van der Waals surface area contributed by atoms with Gasteiger partial charge in [-0.3, -0.25) is 0 Å². The van der Waals surface area contributed by atoms with Crippen molar-refractivity contribution in [2.24, 2.45) is 13.0 Å². The van der Waals surface area contributed by atoms with Crippen molar-refractivity contribution in [2.45, 2.75) is 56.8 Å². The van der Waals surface area contributed by atoms with Crippen LogP contribution in [0.4, 0.5) is 5.95 Å². The first-order valence-corrected chi connectivity index (χ1v) is 9.18. The SMILES string of the molecule is CCc1nnc([C@]23CCC[C@H]2CN(c2nnc(C4CC4)n2C)C3)o1. The molecule has 3 fully saturated rings. The molecular weight excluding hydrogens is 304 g/mol. The molecule has 2 aromatic rings. The van der Waals surface area contributed by atoms with Gasteiger partial charge in [0.1, 0.15) is 5.82 Å². The zero-order valence-corrected chi connectivity index (χ0v) is 14.4. The van der Waals surface area contributed by atoms with Gasteiger partial charge in [0.2, 0.25) is 17.7 Å². The third kappa shape index (κ3) is 1.96. The van der Waals surface area contributed by atoms with E-state index in [2.05, 4.69) is 43.8 Å². The van der Waals surface area contributed by atoms with Gasteiger partial charge < -0.3 is 13.9 Å². The summed E-state index contributed by atoms with van der Waals surface area (Å²) in [6.45, 7) is 3.99. The Labute approximate surface area is 141 Å². The number of hydrogen-bond acceptors (Lipinski definition) is 6. The van der Waals surface area contributed by atoms with Crippen molar-refractivity contribution in [1.29, 1.82) is 0 Å². The summed E-state index contributed by atoms with van der Waals surface area (Å²) in [5.41, 5.74) is 0.00607. The summed E-state index contributed by atoms with van der Waals surface area (Å²) in [6.07, 6.45) is 6.90. The van der Waals surface area contributed by atoms with E-state index in [0.717, 1.165) is 49.5 Å². The van der Waals surface area contributed by atoms with E-state index in [-0.39, 0.29) is 5.41 Å². The molecule has 1 saturated heterocycles. The highest BCUT2D eigenvalue weighted by Crippen LogP contribution is 2.51. The van der Waals surface area contributed by atoms with E-state index in [9.17, 15) is 0 Å². The van der Waals surface area contributed by atoms with Gasteiger partial charge in [0.15, 0.2) is 0 Å². The number of nitrogens with zero attached hydrogens (tertiary/aromatic N) is 6. The van der Waals surface area contributed by atoms with Gasteiger partial charge in [0.25, 0.3) is 0 Å². The molecule has 2 aliphatic carbocycles. The molecule has 0 N–H and O–H groups in total. The molecule has 0 bridgehead atoms. The van der Waals surface area contributed by atoms with Crippen molar-refractivity contribution in [1.82, 2.24) is 25.0 Å². The molecule has 2 atom stereocenters. The topological polar surface area (TPSA) is 72.9 Å². The van der Waals surface area contributed by atoms with Gasteiger partial charge in [-0.25, -0.2) is 0 Å². The van der Waals surface area contributed by atoms with Crippen molar-refractivity contribution in [3.8, 4) is 0 Å². The molecule has 7 heteroatoms. The van der Waals surface area contributed by atoms with Crippen LogP contribution in [0.25, 0.3) is 0 Å². The average Bonchev–Trinajstić information content (AvgIpc) is 2.94. The zero-order chi connectivity index (χ0) is 16.3. The molecule has 3 heterocycles. The monoisotopic (exact) mass is 328 g/mol. The van der Waals surface area contributed by atoms with Gasteiger partial charge in [-0.15, -0.1) is 20.4 Å². The van der Waals surface area contributed by atoms with E-state index in [1.165, 1.54) is 25.7 Å². The molecule has 0 spiro atoms. The first-order chi connectivity index (χ1) is 11.7. The van der Waals surface area contributed by atoms with Gasteiger partial charge in [0.05, 0.1) is 5.41 Å². The Bertz CT molecular complexity index is 763. The molecule has 128 valence electrons. The van der Waals surface area contributed by atoms with Gasteiger partial charge in [-0.2, -0.15) is 0 Å². The average molecular weight is 328 g/mol. The fraction of sp³-hybridized carbons (Fsp3) is 0.765.